The molecule has 0 fully saturated rings. The zero-order valence-electron chi connectivity index (χ0n) is 20.9. The van der Waals surface area contributed by atoms with Crippen molar-refractivity contribution in [3.05, 3.63) is 128 Å². The third-order valence-corrected chi connectivity index (χ3v) is 7.83. The summed E-state index contributed by atoms with van der Waals surface area (Å²) < 4.78 is 12.1. The van der Waals surface area contributed by atoms with E-state index in [0.29, 0.717) is 34.8 Å². The van der Waals surface area contributed by atoms with E-state index in [0.717, 1.165) is 37.6 Å². The quantitative estimate of drug-likeness (QED) is 0.266. The molecule has 188 valence electrons. The SMILES string of the molecule is COC(=O)C1=C(C)NC2=C(C(=O)c3ccccc32)[C@@H]1c1ccc(OCc2cccc3ccccc23)c(Br)c1. The summed E-state index contributed by atoms with van der Waals surface area (Å²) in [7, 11) is 1.36. The van der Waals surface area contributed by atoms with Gasteiger partial charge < -0.3 is 14.8 Å². The summed E-state index contributed by atoms with van der Waals surface area (Å²) >= 11 is 3.67. The highest BCUT2D eigenvalue weighted by molar-refractivity contribution is 9.10. The second-order valence-corrected chi connectivity index (χ2v) is 10.2. The number of carbonyl (C=O) groups is 2. The van der Waals surface area contributed by atoms with Crippen LogP contribution in [0.25, 0.3) is 16.5 Å². The van der Waals surface area contributed by atoms with E-state index in [4.69, 9.17) is 9.47 Å². The van der Waals surface area contributed by atoms with E-state index in [-0.39, 0.29) is 5.78 Å². The summed E-state index contributed by atoms with van der Waals surface area (Å²) in [6.45, 7) is 2.24. The highest BCUT2D eigenvalue weighted by atomic mass is 79.9. The van der Waals surface area contributed by atoms with Gasteiger partial charge in [0.15, 0.2) is 5.78 Å². The van der Waals surface area contributed by atoms with Gasteiger partial charge in [0, 0.05) is 28.3 Å². The van der Waals surface area contributed by atoms with Crippen LogP contribution in [0.4, 0.5) is 0 Å². The number of hydrogen-bond donors (Lipinski definition) is 1. The Morgan fingerprint density at radius 1 is 0.947 bits per heavy atom. The minimum Gasteiger partial charge on any atom is -0.488 e. The number of halogens is 1. The van der Waals surface area contributed by atoms with Crippen molar-refractivity contribution >= 4 is 44.2 Å². The van der Waals surface area contributed by atoms with E-state index < -0.39 is 11.9 Å². The van der Waals surface area contributed by atoms with E-state index in [1.807, 2.05) is 67.6 Å². The summed E-state index contributed by atoms with van der Waals surface area (Å²) in [6, 6.07) is 27.6. The lowest BCUT2D eigenvalue weighted by molar-refractivity contribution is -0.136. The molecule has 0 amide bonds. The summed E-state index contributed by atoms with van der Waals surface area (Å²) in [5, 5.41) is 5.63. The number of Topliss-reactive ketones (excluding diaryl/α,β-unsaturated/α-hetero) is 1. The number of benzene rings is 4. The Morgan fingerprint density at radius 3 is 2.47 bits per heavy atom. The molecule has 0 aromatic heterocycles. The van der Waals surface area contributed by atoms with Gasteiger partial charge in [-0.3, -0.25) is 4.79 Å². The van der Waals surface area contributed by atoms with Crippen molar-refractivity contribution in [1.82, 2.24) is 5.32 Å². The Labute approximate surface area is 228 Å². The fraction of sp³-hybridized carbons (Fsp3) is 0.125. The molecule has 0 radical (unpaired) electrons. The molecule has 0 bridgehead atoms. The maximum Gasteiger partial charge on any atom is 0.336 e. The molecule has 1 aliphatic carbocycles. The highest BCUT2D eigenvalue weighted by Gasteiger charge is 2.42. The molecule has 0 unspecified atom stereocenters. The van der Waals surface area contributed by atoms with Crippen molar-refractivity contribution in [2.45, 2.75) is 19.4 Å². The van der Waals surface area contributed by atoms with E-state index in [1.165, 1.54) is 7.11 Å². The molecule has 0 saturated heterocycles. The number of ether oxygens (including phenoxy) is 2. The molecule has 38 heavy (non-hydrogen) atoms. The van der Waals surface area contributed by atoms with Crippen LogP contribution in [0.5, 0.6) is 5.75 Å². The average Bonchev–Trinajstić information content (AvgIpc) is 3.22. The topological polar surface area (TPSA) is 64.6 Å². The number of rotatable bonds is 5. The number of methoxy groups -OCH3 is 1. The average molecular weight is 566 g/mol. The van der Waals surface area contributed by atoms with Gasteiger partial charge in [-0.15, -0.1) is 0 Å². The zero-order chi connectivity index (χ0) is 26.4. The van der Waals surface area contributed by atoms with Gasteiger partial charge in [-0.1, -0.05) is 72.8 Å². The van der Waals surface area contributed by atoms with Crippen LogP contribution in [-0.4, -0.2) is 18.9 Å². The lowest BCUT2D eigenvalue weighted by atomic mass is 9.80. The van der Waals surface area contributed by atoms with Crippen molar-refractivity contribution < 1.29 is 19.1 Å². The van der Waals surface area contributed by atoms with Crippen LogP contribution >= 0.6 is 15.9 Å². The number of fused-ring (bicyclic) bond motifs is 3. The van der Waals surface area contributed by atoms with Gasteiger partial charge >= 0.3 is 5.97 Å². The Bertz CT molecular complexity index is 1700. The Kier molecular flexibility index (Phi) is 6.12. The molecule has 4 aromatic rings. The number of nitrogens with one attached hydrogen (secondary N) is 1. The number of hydrogen-bond acceptors (Lipinski definition) is 5. The van der Waals surface area contributed by atoms with Gasteiger partial charge in [0.1, 0.15) is 12.4 Å². The first-order chi connectivity index (χ1) is 18.5. The van der Waals surface area contributed by atoms with Crippen molar-refractivity contribution in [3.8, 4) is 5.75 Å². The normalized spacial score (nSPS) is 16.3. The van der Waals surface area contributed by atoms with Gasteiger partial charge in [0.25, 0.3) is 0 Å². The number of allylic oxidation sites excluding steroid dienone is 2. The third kappa shape index (κ3) is 3.92. The van der Waals surface area contributed by atoms with Crippen molar-refractivity contribution in [3.63, 3.8) is 0 Å². The molecule has 6 rings (SSSR count). The van der Waals surface area contributed by atoms with Crippen LogP contribution in [-0.2, 0) is 16.1 Å². The van der Waals surface area contributed by atoms with Gasteiger partial charge in [0.2, 0.25) is 0 Å². The Morgan fingerprint density at radius 2 is 1.68 bits per heavy atom. The van der Waals surface area contributed by atoms with Crippen LogP contribution in [0, 0.1) is 0 Å². The summed E-state index contributed by atoms with van der Waals surface area (Å²) in [5.74, 6) is -0.467. The Balaban J connectivity index is 1.37. The van der Waals surface area contributed by atoms with E-state index in [9.17, 15) is 9.59 Å². The van der Waals surface area contributed by atoms with Crippen molar-refractivity contribution in [2.24, 2.45) is 0 Å². The second kappa shape index (κ2) is 9.62. The minimum atomic E-state index is -0.581. The van der Waals surface area contributed by atoms with Crippen LogP contribution in [0.2, 0.25) is 0 Å². The largest absolute Gasteiger partial charge is 0.488 e. The van der Waals surface area contributed by atoms with Gasteiger partial charge in [-0.25, -0.2) is 4.79 Å². The number of ketones is 1. The standard InChI is InChI=1S/C32H24BrNO4/c1-18-27(32(36)37-2)28(29-30(34-18)23-12-5-6-13-24(23)31(29)35)20-14-15-26(25(33)16-20)38-17-21-10-7-9-19-8-3-4-11-22(19)21/h3-16,28,34H,17H2,1-2H3/t28-/m1/s1. The van der Waals surface area contributed by atoms with Crippen LogP contribution in [0.15, 0.2) is 106 Å². The van der Waals surface area contributed by atoms with E-state index >= 15 is 0 Å². The molecule has 2 aliphatic rings. The predicted octanol–water partition coefficient (Wildman–Crippen LogP) is 6.92. The molecular weight excluding hydrogens is 542 g/mol. The predicted molar refractivity (Wildman–Crippen MR) is 151 cm³/mol. The second-order valence-electron chi connectivity index (χ2n) is 9.37. The first-order valence-electron chi connectivity index (χ1n) is 12.3. The summed E-state index contributed by atoms with van der Waals surface area (Å²) in [6.07, 6.45) is 0. The highest BCUT2D eigenvalue weighted by Crippen LogP contribution is 2.47. The number of esters is 1. The van der Waals surface area contributed by atoms with Crippen molar-refractivity contribution in [2.75, 3.05) is 7.11 Å². The monoisotopic (exact) mass is 565 g/mol. The molecule has 6 heteroatoms. The molecular formula is C32H24BrNO4. The van der Waals surface area contributed by atoms with Gasteiger partial charge in [0.05, 0.1) is 22.9 Å². The van der Waals surface area contributed by atoms with Gasteiger partial charge in [-0.2, -0.15) is 0 Å². The molecule has 1 N–H and O–H groups in total. The molecule has 1 heterocycles. The first kappa shape index (κ1) is 24.2. The van der Waals surface area contributed by atoms with E-state index in [1.54, 1.807) is 0 Å². The maximum absolute atomic E-state index is 13.6. The summed E-state index contributed by atoms with van der Waals surface area (Å²) in [4.78, 5) is 26.5. The third-order valence-electron chi connectivity index (χ3n) is 7.21. The van der Waals surface area contributed by atoms with E-state index in [2.05, 4.69) is 45.5 Å². The van der Waals surface area contributed by atoms with Gasteiger partial charge in [-0.05, 0) is 56.9 Å². The first-order valence-corrected chi connectivity index (χ1v) is 13.1. The lowest BCUT2D eigenvalue weighted by Crippen LogP contribution is -2.29. The fourth-order valence-electron chi connectivity index (χ4n) is 5.43. The zero-order valence-corrected chi connectivity index (χ0v) is 22.5. The fourth-order valence-corrected chi connectivity index (χ4v) is 5.94. The molecule has 1 atom stereocenters. The smallest absolute Gasteiger partial charge is 0.336 e. The molecule has 0 saturated carbocycles. The van der Waals surface area contributed by atoms with Crippen LogP contribution in [0.1, 0.15) is 39.9 Å². The maximum atomic E-state index is 13.6. The summed E-state index contributed by atoms with van der Waals surface area (Å²) in [5.41, 5.74) is 5.73. The minimum absolute atomic E-state index is 0.0885. The molecule has 5 nitrogen and oxygen atoms in total. The lowest BCUT2D eigenvalue weighted by Gasteiger charge is -2.29. The van der Waals surface area contributed by atoms with Crippen molar-refractivity contribution in [1.29, 1.82) is 0 Å². The molecule has 0 spiro atoms. The van der Waals surface area contributed by atoms with Crippen LogP contribution < -0.4 is 10.1 Å². The Hall–Kier alpha value is -4.16. The number of dihydropyridines is 1. The molecule has 4 aromatic carbocycles. The number of carbonyl (C=O) groups excluding carboxylic acids is 2. The van der Waals surface area contributed by atoms with Crippen LogP contribution in [0.3, 0.4) is 0 Å². The molecule has 1 aliphatic heterocycles.